The Labute approximate surface area is 123 Å². The van der Waals surface area contributed by atoms with Crippen LogP contribution in [0.1, 0.15) is 20.3 Å². The van der Waals surface area contributed by atoms with Crippen molar-refractivity contribution in [1.82, 2.24) is 20.2 Å². The zero-order valence-corrected chi connectivity index (χ0v) is 12.9. The van der Waals surface area contributed by atoms with E-state index in [1.54, 1.807) is 13.8 Å². The van der Waals surface area contributed by atoms with Gasteiger partial charge in [0.25, 0.3) is 0 Å². The number of esters is 1. The van der Waals surface area contributed by atoms with Crippen LogP contribution < -0.4 is 5.32 Å². The first-order chi connectivity index (χ1) is 9.68. The summed E-state index contributed by atoms with van der Waals surface area (Å²) in [7, 11) is 4.14. The maximum absolute atomic E-state index is 12.3. The second-order valence-electron chi connectivity index (χ2n) is 5.30. The molecule has 4 amide bonds. The first kappa shape index (κ1) is 17.0. The highest BCUT2D eigenvalue weighted by atomic mass is 16.5. The first-order valence-electron chi connectivity index (χ1n) is 6.49. The number of ether oxygens (including phenoxy) is 1. The third kappa shape index (κ3) is 3.02. The standard InChI is InChI=1S/C12H22N4O5/c1-12(2)9(16(20)10(18)13-3)14(4)11(19)15(12)7-6-8(17)21-5/h9,20H,6-7H2,1-5H3,(H,13,18)/t9-/m0/s1. The van der Waals surface area contributed by atoms with Crippen molar-refractivity contribution in [2.75, 3.05) is 27.7 Å². The number of rotatable bonds is 4. The third-order valence-corrected chi connectivity index (χ3v) is 3.65. The van der Waals surface area contributed by atoms with Gasteiger partial charge in [-0.3, -0.25) is 10.0 Å². The van der Waals surface area contributed by atoms with Crippen LogP contribution in [-0.4, -0.2) is 77.6 Å². The molecule has 1 saturated heterocycles. The van der Waals surface area contributed by atoms with E-state index >= 15 is 0 Å². The maximum Gasteiger partial charge on any atom is 0.342 e. The fourth-order valence-corrected chi connectivity index (χ4v) is 2.53. The highest BCUT2D eigenvalue weighted by molar-refractivity contribution is 5.81. The topological polar surface area (TPSA) is 102 Å². The van der Waals surface area contributed by atoms with E-state index in [0.29, 0.717) is 5.06 Å². The molecule has 9 nitrogen and oxygen atoms in total. The van der Waals surface area contributed by atoms with Gasteiger partial charge in [-0.05, 0) is 13.8 Å². The summed E-state index contributed by atoms with van der Waals surface area (Å²) in [6.07, 6.45) is -0.833. The molecule has 0 aromatic heterocycles. The molecule has 0 bridgehead atoms. The predicted octanol–water partition coefficient (Wildman–Crippen LogP) is 0.0522. The number of hydrogen-bond donors (Lipinski definition) is 2. The number of urea groups is 2. The Kier molecular flexibility index (Phi) is 5.00. The Balaban J connectivity index is 2.96. The van der Waals surface area contributed by atoms with Crippen LogP contribution in [0.4, 0.5) is 9.59 Å². The summed E-state index contributed by atoms with van der Waals surface area (Å²) in [6.45, 7) is 3.56. The quantitative estimate of drug-likeness (QED) is 0.434. The number of amides is 4. The van der Waals surface area contributed by atoms with Gasteiger partial charge in [0.15, 0.2) is 6.17 Å². The summed E-state index contributed by atoms with van der Waals surface area (Å²) in [5.74, 6) is -0.433. The van der Waals surface area contributed by atoms with E-state index in [9.17, 15) is 19.6 Å². The van der Waals surface area contributed by atoms with E-state index in [1.165, 1.54) is 31.0 Å². The molecule has 9 heteroatoms. The Morgan fingerprint density at radius 1 is 1.48 bits per heavy atom. The molecule has 21 heavy (non-hydrogen) atoms. The van der Waals surface area contributed by atoms with Gasteiger partial charge in [0.1, 0.15) is 0 Å². The average Bonchev–Trinajstić information content (AvgIpc) is 2.61. The molecule has 0 aromatic carbocycles. The molecule has 0 saturated carbocycles. The summed E-state index contributed by atoms with van der Waals surface area (Å²) in [5.41, 5.74) is -0.874. The molecule has 0 spiro atoms. The number of likely N-dealkylation sites (N-methyl/N-ethyl adjacent to an activating group) is 1. The molecule has 1 fully saturated rings. The minimum atomic E-state index is -0.874. The summed E-state index contributed by atoms with van der Waals surface area (Å²) in [6, 6.07) is -1.10. The third-order valence-electron chi connectivity index (χ3n) is 3.65. The lowest BCUT2D eigenvalue weighted by atomic mass is 10.00. The van der Waals surface area contributed by atoms with Gasteiger partial charge in [-0.25, -0.2) is 9.59 Å². The average molecular weight is 302 g/mol. The highest BCUT2D eigenvalue weighted by Crippen LogP contribution is 2.33. The van der Waals surface area contributed by atoms with Crippen LogP contribution in [0.25, 0.3) is 0 Å². The molecule has 120 valence electrons. The Morgan fingerprint density at radius 2 is 2.05 bits per heavy atom. The molecule has 1 heterocycles. The van der Waals surface area contributed by atoms with E-state index < -0.39 is 23.7 Å². The smallest absolute Gasteiger partial charge is 0.342 e. The largest absolute Gasteiger partial charge is 0.469 e. The van der Waals surface area contributed by atoms with Crippen LogP contribution in [0.3, 0.4) is 0 Å². The molecule has 0 aliphatic carbocycles. The van der Waals surface area contributed by atoms with E-state index in [2.05, 4.69) is 10.1 Å². The van der Waals surface area contributed by atoms with Crippen molar-refractivity contribution < 1.29 is 24.3 Å². The van der Waals surface area contributed by atoms with Gasteiger partial charge >= 0.3 is 18.0 Å². The fourth-order valence-electron chi connectivity index (χ4n) is 2.53. The fraction of sp³-hybridized carbons (Fsp3) is 0.750. The van der Waals surface area contributed by atoms with E-state index in [4.69, 9.17) is 0 Å². The predicted molar refractivity (Wildman–Crippen MR) is 72.4 cm³/mol. The SMILES string of the molecule is CNC(=O)N(O)[C@@H]1N(C)C(=O)N(CCC(=O)OC)C1(C)C. The monoisotopic (exact) mass is 302 g/mol. The molecule has 0 aromatic rings. The normalized spacial score (nSPS) is 20.5. The molecule has 0 unspecified atom stereocenters. The van der Waals surface area contributed by atoms with E-state index in [0.717, 1.165) is 0 Å². The number of methoxy groups -OCH3 is 1. The Bertz CT molecular complexity index is 439. The van der Waals surface area contributed by atoms with Crippen molar-refractivity contribution in [1.29, 1.82) is 0 Å². The number of hydrogen-bond acceptors (Lipinski definition) is 5. The van der Waals surface area contributed by atoms with Crippen molar-refractivity contribution in [2.24, 2.45) is 0 Å². The Hall–Kier alpha value is -2.03. The van der Waals surface area contributed by atoms with Gasteiger partial charge < -0.3 is 19.9 Å². The summed E-state index contributed by atoms with van der Waals surface area (Å²) >= 11 is 0. The summed E-state index contributed by atoms with van der Waals surface area (Å²) in [5, 5.41) is 12.8. The molecule has 1 aliphatic rings. The van der Waals surface area contributed by atoms with Gasteiger partial charge in [-0.15, -0.1) is 0 Å². The van der Waals surface area contributed by atoms with Gasteiger partial charge in [0, 0.05) is 20.6 Å². The number of carbonyl (C=O) groups excluding carboxylic acids is 3. The molecule has 2 N–H and O–H groups in total. The zero-order chi connectivity index (χ0) is 16.4. The zero-order valence-electron chi connectivity index (χ0n) is 12.9. The Morgan fingerprint density at radius 3 is 2.52 bits per heavy atom. The maximum atomic E-state index is 12.3. The van der Waals surface area contributed by atoms with Crippen molar-refractivity contribution >= 4 is 18.0 Å². The van der Waals surface area contributed by atoms with E-state index in [1.807, 2.05) is 0 Å². The van der Waals surface area contributed by atoms with Crippen molar-refractivity contribution in [3.8, 4) is 0 Å². The summed E-state index contributed by atoms with van der Waals surface area (Å²) < 4.78 is 4.56. The minimum absolute atomic E-state index is 0.0393. The number of carbonyl (C=O) groups is 3. The van der Waals surface area contributed by atoms with Crippen LogP contribution in [-0.2, 0) is 9.53 Å². The second-order valence-corrected chi connectivity index (χ2v) is 5.30. The van der Waals surface area contributed by atoms with Crippen LogP contribution in [0, 0.1) is 0 Å². The van der Waals surface area contributed by atoms with Gasteiger partial charge in [0.05, 0.1) is 19.1 Å². The molecule has 1 aliphatic heterocycles. The van der Waals surface area contributed by atoms with Crippen LogP contribution >= 0.6 is 0 Å². The molecule has 1 atom stereocenters. The molecular weight excluding hydrogens is 280 g/mol. The second kappa shape index (κ2) is 6.17. The first-order valence-corrected chi connectivity index (χ1v) is 6.49. The van der Waals surface area contributed by atoms with Crippen LogP contribution in [0.5, 0.6) is 0 Å². The van der Waals surface area contributed by atoms with Crippen molar-refractivity contribution in [3.05, 3.63) is 0 Å². The van der Waals surface area contributed by atoms with Crippen LogP contribution in [0.15, 0.2) is 0 Å². The van der Waals surface area contributed by atoms with E-state index in [-0.39, 0.29) is 19.0 Å². The summed E-state index contributed by atoms with van der Waals surface area (Å²) in [4.78, 5) is 37.8. The van der Waals surface area contributed by atoms with Gasteiger partial charge in [0.2, 0.25) is 0 Å². The highest BCUT2D eigenvalue weighted by Gasteiger charge is 2.53. The number of hydroxylamine groups is 2. The number of nitrogens with zero attached hydrogens (tertiary/aromatic N) is 3. The molecule has 1 rings (SSSR count). The lowest BCUT2D eigenvalue weighted by molar-refractivity contribution is -0.141. The molecular formula is C12H22N4O5. The lowest BCUT2D eigenvalue weighted by Gasteiger charge is -2.37. The number of nitrogens with one attached hydrogen (secondary N) is 1. The molecule has 0 radical (unpaired) electrons. The van der Waals surface area contributed by atoms with Crippen LogP contribution in [0.2, 0.25) is 0 Å². The lowest BCUT2D eigenvalue weighted by Crippen LogP contribution is -2.58. The van der Waals surface area contributed by atoms with Crippen molar-refractivity contribution in [2.45, 2.75) is 32.0 Å². The van der Waals surface area contributed by atoms with Crippen molar-refractivity contribution in [3.63, 3.8) is 0 Å². The van der Waals surface area contributed by atoms with Gasteiger partial charge in [-0.2, -0.15) is 5.06 Å². The minimum Gasteiger partial charge on any atom is -0.469 e. The van der Waals surface area contributed by atoms with Gasteiger partial charge in [-0.1, -0.05) is 0 Å².